The second kappa shape index (κ2) is 5.65. The van der Waals surface area contributed by atoms with Crippen molar-refractivity contribution in [1.29, 1.82) is 0 Å². The van der Waals surface area contributed by atoms with E-state index in [9.17, 15) is 9.90 Å². The third-order valence-electron chi connectivity index (χ3n) is 3.90. The van der Waals surface area contributed by atoms with Crippen molar-refractivity contribution in [2.75, 3.05) is 5.32 Å². The number of aliphatic hydroxyl groups is 1. The van der Waals surface area contributed by atoms with E-state index in [0.29, 0.717) is 17.0 Å². The van der Waals surface area contributed by atoms with E-state index >= 15 is 0 Å². The summed E-state index contributed by atoms with van der Waals surface area (Å²) in [5.74, 6) is 0.0804. The van der Waals surface area contributed by atoms with Crippen molar-refractivity contribution in [2.45, 2.75) is 37.8 Å². The number of rotatable bonds is 3. The maximum Gasteiger partial charge on any atom is 0.248 e. The predicted molar refractivity (Wildman–Crippen MR) is 79.9 cm³/mol. The first kappa shape index (κ1) is 13.8. The third kappa shape index (κ3) is 3.11. The number of aromatic nitrogens is 2. The molecule has 1 aromatic carbocycles. The quantitative estimate of drug-likeness (QED) is 0.792. The van der Waals surface area contributed by atoms with E-state index in [1.165, 1.54) is 0 Å². The van der Waals surface area contributed by atoms with Crippen LogP contribution in [0.2, 0.25) is 0 Å². The number of carbonyl (C=O) groups is 1. The minimum atomic E-state index is -0.466. The molecule has 110 valence electrons. The molecule has 6 heteroatoms. The van der Waals surface area contributed by atoms with Crippen LogP contribution in [0, 0.1) is 0 Å². The molecule has 21 heavy (non-hydrogen) atoms. The summed E-state index contributed by atoms with van der Waals surface area (Å²) in [7, 11) is 0. The van der Waals surface area contributed by atoms with Crippen LogP contribution in [-0.2, 0) is 0 Å². The van der Waals surface area contributed by atoms with E-state index < -0.39 is 5.91 Å². The number of nitrogens with two attached hydrogens (primary N) is 1. The molecule has 1 fully saturated rings. The van der Waals surface area contributed by atoms with Gasteiger partial charge in [0.05, 0.1) is 11.6 Å². The molecule has 1 aromatic heterocycles. The SMILES string of the molecule is NC(=O)c1ccc2cnc(NC3CCC(O)CC3)nc2c1. The van der Waals surface area contributed by atoms with Gasteiger partial charge in [-0.1, -0.05) is 6.07 Å². The summed E-state index contributed by atoms with van der Waals surface area (Å²) in [6, 6.07) is 5.42. The molecule has 4 N–H and O–H groups in total. The monoisotopic (exact) mass is 286 g/mol. The van der Waals surface area contributed by atoms with E-state index in [4.69, 9.17) is 5.73 Å². The van der Waals surface area contributed by atoms with Gasteiger partial charge in [0, 0.05) is 23.2 Å². The summed E-state index contributed by atoms with van der Waals surface area (Å²) in [4.78, 5) is 19.9. The van der Waals surface area contributed by atoms with E-state index in [1.807, 2.05) is 0 Å². The zero-order valence-electron chi connectivity index (χ0n) is 11.6. The number of aliphatic hydroxyl groups excluding tert-OH is 1. The van der Waals surface area contributed by atoms with Gasteiger partial charge < -0.3 is 16.2 Å². The molecule has 1 amide bonds. The number of primary amides is 1. The second-order valence-corrected chi connectivity index (χ2v) is 5.48. The summed E-state index contributed by atoms with van der Waals surface area (Å²) < 4.78 is 0. The Bertz CT molecular complexity index is 666. The average molecular weight is 286 g/mol. The van der Waals surface area contributed by atoms with Crippen LogP contribution in [-0.4, -0.2) is 33.1 Å². The van der Waals surface area contributed by atoms with Crippen molar-refractivity contribution in [3.05, 3.63) is 30.0 Å². The number of anilines is 1. The van der Waals surface area contributed by atoms with E-state index in [0.717, 1.165) is 31.1 Å². The topological polar surface area (TPSA) is 101 Å². The Kier molecular flexibility index (Phi) is 3.70. The molecule has 0 aliphatic heterocycles. The molecule has 0 radical (unpaired) electrons. The van der Waals surface area contributed by atoms with Crippen molar-refractivity contribution in [3.8, 4) is 0 Å². The number of nitrogens with one attached hydrogen (secondary N) is 1. The molecule has 1 aliphatic carbocycles. The van der Waals surface area contributed by atoms with Crippen molar-refractivity contribution in [3.63, 3.8) is 0 Å². The van der Waals surface area contributed by atoms with Crippen molar-refractivity contribution >= 4 is 22.8 Å². The maximum atomic E-state index is 11.2. The molecular weight excluding hydrogens is 268 g/mol. The van der Waals surface area contributed by atoms with Gasteiger partial charge in [-0.05, 0) is 37.8 Å². The Balaban J connectivity index is 1.81. The van der Waals surface area contributed by atoms with Gasteiger partial charge in [-0.15, -0.1) is 0 Å². The molecule has 6 nitrogen and oxygen atoms in total. The van der Waals surface area contributed by atoms with Gasteiger partial charge in [-0.2, -0.15) is 0 Å². The van der Waals surface area contributed by atoms with Gasteiger partial charge in [-0.25, -0.2) is 9.97 Å². The van der Waals surface area contributed by atoms with Crippen LogP contribution < -0.4 is 11.1 Å². The summed E-state index contributed by atoms with van der Waals surface area (Å²) in [5.41, 5.74) is 6.42. The fraction of sp³-hybridized carbons (Fsp3) is 0.400. The summed E-state index contributed by atoms with van der Waals surface area (Å²) in [6.07, 6.45) is 4.97. The van der Waals surface area contributed by atoms with Crippen LogP contribution in [0.4, 0.5) is 5.95 Å². The fourth-order valence-corrected chi connectivity index (χ4v) is 2.65. The highest BCUT2D eigenvalue weighted by Gasteiger charge is 2.19. The normalized spacial score (nSPS) is 22.1. The lowest BCUT2D eigenvalue weighted by atomic mass is 9.93. The van der Waals surface area contributed by atoms with Crippen LogP contribution in [0.25, 0.3) is 10.9 Å². The Morgan fingerprint density at radius 2 is 2.05 bits per heavy atom. The van der Waals surface area contributed by atoms with Crippen molar-refractivity contribution in [2.24, 2.45) is 5.73 Å². The number of hydrogen-bond donors (Lipinski definition) is 3. The van der Waals surface area contributed by atoms with Crippen LogP contribution >= 0.6 is 0 Å². The largest absolute Gasteiger partial charge is 0.393 e. The van der Waals surface area contributed by atoms with Crippen molar-refractivity contribution in [1.82, 2.24) is 9.97 Å². The zero-order chi connectivity index (χ0) is 14.8. The summed E-state index contributed by atoms with van der Waals surface area (Å²) >= 11 is 0. The van der Waals surface area contributed by atoms with Gasteiger partial charge in [0.15, 0.2) is 0 Å². The number of benzene rings is 1. The van der Waals surface area contributed by atoms with Crippen LogP contribution in [0.15, 0.2) is 24.4 Å². The summed E-state index contributed by atoms with van der Waals surface area (Å²) in [5, 5.41) is 13.7. The number of hydrogen-bond acceptors (Lipinski definition) is 5. The molecule has 0 unspecified atom stereocenters. The van der Waals surface area contributed by atoms with Gasteiger partial charge in [0.25, 0.3) is 0 Å². The first-order valence-corrected chi connectivity index (χ1v) is 7.13. The number of carbonyl (C=O) groups excluding carboxylic acids is 1. The molecule has 1 aliphatic rings. The highest BCUT2D eigenvalue weighted by molar-refractivity contribution is 5.96. The van der Waals surface area contributed by atoms with Gasteiger partial charge in [-0.3, -0.25) is 4.79 Å². The average Bonchev–Trinajstić information content (AvgIpc) is 2.49. The number of amides is 1. The van der Waals surface area contributed by atoms with E-state index in [-0.39, 0.29) is 12.1 Å². The molecule has 0 bridgehead atoms. The molecule has 0 spiro atoms. The Morgan fingerprint density at radius 3 is 2.76 bits per heavy atom. The van der Waals surface area contributed by atoms with Gasteiger partial charge >= 0.3 is 0 Å². The summed E-state index contributed by atoms with van der Waals surface area (Å²) in [6.45, 7) is 0. The fourth-order valence-electron chi connectivity index (χ4n) is 2.65. The molecule has 1 heterocycles. The Labute approximate surface area is 122 Å². The maximum absolute atomic E-state index is 11.2. The van der Waals surface area contributed by atoms with Gasteiger partial charge in [0.2, 0.25) is 11.9 Å². The lowest BCUT2D eigenvalue weighted by Crippen LogP contribution is -2.28. The first-order valence-electron chi connectivity index (χ1n) is 7.13. The highest BCUT2D eigenvalue weighted by Crippen LogP contribution is 2.22. The molecule has 1 saturated carbocycles. The van der Waals surface area contributed by atoms with E-state index in [1.54, 1.807) is 24.4 Å². The molecule has 2 aromatic rings. The van der Waals surface area contributed by atoms with Crippen LogP contribution in [0.3, 0.4) is 0 Å². The Hall–Kier alpha value is -2.21. The highest BCUT2D eigenvalue weighted by atomic mass is 16.3. The number of fused-ring (bicyclic) bond motifs is 1. The minimum Gasteiger partial charge on any atom is -0.393 e. The smallest absolute Gasteiger partial charge is 0.248 e. The number of nitrogens with zero attached hydrogens (tertiary/aromatic N) is 2. The molecule has 0 atom stereocenters. The van der Waals surface area contributed by atoms with Crippen LogP contribution in [0.5, 0.6) is 0 Å². The van der Waals surface area contributed by atoms with Crippen LogP contribution in [0.1, 0.15) is 36.0 Å². The van der Waals surface area contributed by atoms with E-state index in [2.05, 4.69) is 15.3 Å². The Morgan fingerprint density at radius 1 is 1.29 bits per heavy atom. The first-order chi connectivity index (χ1) is 10.1. The standard InChI is InChI=1S/C15H18N4O2/c16-14(21)9-1-2-10-8-17-15(19-13(10)7-9)18-11-3-5-12(20)6-4-11/h1-2,7-8,11-12,20H,3-6H2,(H2,16,21)(H,17,18,19). The van der Waals surface area contributed by atoms with Crippen molar-refractivity contribution < 1.29 is 9.90 Å². The minimum absolute atomic E-state index is 0.182. The molecule has 3 rings (SSSR count). The zero-order valence-corrected chi connectivity index (χ0v) is 11.6. The second-order valence-electron chi connectivity index (χ2n) is 5.48. The lowest BCUT2D eigenvalue weighted by molar-refractivity contribution is 0.100. The van der Waals surface area contributed by atoms with Gasteiger partial charge in [0.1, 0.15) is 0 Å². The molecule has 0 saturated heterocycles. The lowest BCUT2D eigenvalue weighted by Gasteiger charge is -2.26. The third-order valence-corrected chi connectivity index (χ3v) is 3.90. The molecular formula is C15H18N4O2. The predicted octanol–water partition coefficient (Wildman–Crippen LogP) is 1.44.